The SMILES string of the molecule is O=C(COC(=O)CCNS(=O)(=O)c1ccccc1)Nc1cccc(F)c1. The maximum atomic E-state index is 13.0. The van der Waals surface area contributed by atoms with E-state index in [9.17, 15) is 22.4 Å². The van der Waals surface area contributed by atoms with Crippen LogP contribution in [0.25, 0.3) is 0 Å². The number of esters is 1. The average molecular weight is 380 g/mol. The number of anilines is 1. The van der Waals surface area contributed by atoms with Crippen molar-refractivity contribution < 1.29 is 27.1 Å². The summed E-state index contributed by atoms with van der Waals surface area (Å²) in [5.74, 6) is -1.88. The third kappa shape index (κ3) is 6.26. The van der Waals surface area contributed by atoms with Crippen LogP contribution in [-0.2, 0) is 24.3 Å². The number of hydrogen-bond acceptors (Lipinski definition) is 5. The van der Waals surface area contributed by atoms with E-state index in [1.807, 2.05) is 0 Å². The van der Waals surface area contributed by atoms with E-state index in [0.29, 0.717) is 0 Å². The fourth-order valence-electron chi connectivity index (χ4n) is 1.95. The van der Waals surface area contributed by atoms with E-state index in [2.05, 4.69) is 10.0 Å². The van der Waals surface area contributed by atoms with Crippen LogP contribution < -0.4 is 10.0 Å². The van der Waals surface area contributed by atoms with Gasteiger partial charge in [-0.25, -0.2) is 17.5 Å². The second-order valence-electron chi connectivity index (χ2n) is 5.18. The Morgan fingerprint density at radius 3 is 2.46 bits per heavy atom. The number of carbonyl (C=O) groups excluding carboxylic acids is 2. The molecule has 9 heteroatoms. The Kier molecular flexibility index (Phi) is 6.81. The molecule has 0 aliphatic rings. The van der Waals surface area contributed by atoms with E-state index in [-0.39, 0.29) is 23.5 Å². The van der Waals surface area contributed by atoms with Crippen molar-refractivity contribution in [1.29, 1.82) is 0 Å². The first kappa shape index (κ1) is 19.5. The molecule has 0 bridgehead atoms. The van der Waals surface area contributed by atoms with Crippen LogP contribution in [0, 0.1) is 5.82 Å². The molecule has 26 heavy (non-hydrogen) atoms. The predicted octanol–water partition coefficient (Wildman–Crippen LogP) is 1.68. The summed E-state index contributed by atoms with van der Waals surface area (Å²) >= 11 is 0. The van der Waals surface area contributed by atoms with E-state index in [1.54, 1.807) is 18.2 Å². The number of ether oxygens (including phenoxy) is 1. The number of amides is 1. The number of hydrogen-bond donors (Lipinski definition) is 2. The molecule has 0 aromatic heterocycles. The molecule has 2 aromatic rings. The van der Waals surface area contributed by atoms with Crippen LogP contribution in [0.5, 0.6) is 0 Å². The Balaban J connectivity index is 1.71. The summed E-state index contributed by atoms with van der Waals surface area (Å²) in [4.78, 5) is 23.3. The van der Waals surface area contributed by atoms with Crippen molar-refractivity contribution in [1.82, 2.24) is 4.72 Å². The molecule has 0 saturated heterocycles. The number of carbonyl (C=O) groups is 2. The smallest absolute Gasteiger partial charge is 0.307 e. The van der Waals surface area contributed by atoms with Gasteiger partial charge < -0.3 is 10.1 Å². The number of nitrogens with one attached hydrogen (secondary N) is 2. The third-order valence-corrected chi connectivity index (χ3v) is 4.62. The first-order chi connectivity index (χ1) is 12.4. The molecule has 0 saturated carbocycles. The molecule has 0 aliphatic heterocycles. The van der Waals surface area contributed by atoms with Crippen molar-refractivity contribution in [3.8, 4) is 0 Å². The maximum Gasteiger partial charge on any atom is 0.307 e. The van der Waals surface area contributed by atoms with E-state index >= 15 is 0 Å². The van der Waals surface area contributed by atoms with Crippen molar-refractivity contribution >= 4 is 27.6 Å². The number of benzene rings is 2. The molecule has 0 aliphatic carbocycles. The third-order valence-electron chi connectivity index (χ3n) is 3.15. The van der Waals surface area contributed by atoms with Crippen molar-refractivity contribution in [3.05, 3.63) is 60.4 Å². The molecule has 1 amide bonds. The summed E-state index contributed by atoms with van der Waals surface area (Å²) < 4.78 is 43.9. The van der Waals surface area contributed by atoms with Gasteiger partial charge in [-0.05, 0) is 30.3 Å². The second kappa shape index (κ2) is 9.07. The van der Waals surface area contributed by atoms with Gasteiger partial charge in [0.1, 0.15) is 5.82 Å². The summed E-state index contributed by atoms with van der Waals surface area (Å²) in [5, 5.41) is 2.37. The lowest BCUT2D eigenvalue weighted by Gasteiger charge is -2.08. The molecule has 2 N–H and O–H groups in total. The van der Waals surface area contributed by atoms with E-state index < -0.39 is 34.3 Å². The Morgan fingerprint density at radius 2 is 1.77 bits per heavy atom. The molecule has 2 rings (SSSR count). The molecule has 138 valence electrons. The van der Waals surface area contributed by atoms with Crippen molar-refractivity contribution in [2.24, 2.45) is 0 Å². The average Bonchev–Trinajstić information content (AvgIpc) is 2.61. The predicted molar refractivity (Wildman–Crippen MR) is 92.2 cm³/mol. The van der Waals surface area contributed by atoms with Crippen LogP contribution in [0.4, 0.5) is 10.1 Å². The lowest BCUT2D eigenvalue weighted by atomic mass is 10.3. The Bertz CT molecular complexity index is 872. The van der Waals surface area contributed by atoms with Crippen LogP contribution >= 0.6 is 0 Å². The van der Waals surface area contributed by atoms with E-state index in [4.69, 9.17) is 4.74 Å². The summed E-state index contributed by atoms with van der Waals surface area (Å²) in [6.07, 6.45) is -0.237. The molecular weight excluding hydrogens is 363 g/mol. The van der Waals surface area contributed by atoms with Crippen LogP contribution in [-0.4, -0.2) is 33.4 Å². The van der Waals surface area contributed by atoms with E-state index in [1.165, 1.54) is 30.3 Å². The van der Waals surface area contributed by atoms with Crippen LogP contribution in [0.15, 0.2) is 59.5 Å². The molecule has 0 atom stereocenters. The molecule has 0 spiro atoms. The quantitative estimate of drug-likeness (QED) is 0.679. The second-order valence-corrected chi connectivity index (χ2v) is 6.95. The summed E-state index contributed by atoms with van der Waals surface area (Å²) in [7, 11) is -3.70. The first-order valence-corrected chi connectivity index (χ1v) is 9.11. The molecule has 7 nitrogen and oxygen atoms in total. The van der Waals surface area contributed by atoms with Gasteiger partial charge in [0, 0.05) is 12.2 Å². The van der Waals surface area contributed by atoms with Gasteiger partial charge in [0.05, 0.1) is 11.3 Å². The monoisotopic (exact) mass is 380 g/mol. The zero-order chi connectivity index (χ0) is 19.0. The lowest BCUT2D eigenvalue weighted by Crippen LogP contribution is -2.27. The van der Waals surface area contributed by atoms with Gasteiger partial charge in [-0.3, -0.25) is 9.59 Å². The van der Waals surface area contributed by atoms with Gasteiger partial charge in [0.15, 0.2) is 6.61 Å². The number of rotatable bonds is 8. The number of halogens is 1. The van der Waals surface area contributed by atoms with Crippen molar-refractivity contribution in [2.45, 2.75) is 11.3 Å². The van der Waals surface area contributed by atoms with Crippen molar-refractivity contribution in [3.63, 3.8) is 0 Å². The zero-order valence-corrected chi connectivity index (χ0v) is 14.5. The fraction of sp³-hybridized carbons (Fsp3) is 0.176. The zero-order valence-electron chi connectivity index (χ0n) is 13.6. The largest absolute Gasteiger partial charge is 0.456 e. The van der Waals surface area contributed by atoms with Crippen LogP contribution in [0.3, 0.4) is 0 Å². The maximum absolute atomic E-state index is 13.0. The van der Waals surface area contributed by atoms with Gasteiger partial charge in [-0.2, -0.15) is 0 Å². The highest BCUT2D eigenvalue weighted by Crippen LogP contribution is 2.09. The summed E-state index contributed by atoms with van der Waals surface area (Å²) in [5.41, 5.74) is 0.238. The number of sulfonamides is 1. The van der Waals surface area contributed by atoms with Crippen LogP contribution in [0.1, 0.15) is 6.42 Å². The molecule has 0 heterocycles. The minimum atomic E-state index is -3.70. The standard InChI is InChI=1S/C17H17FN2O5S/c18-13-5-4-6-14(11-13)20-16(21)12-25-17(22)9-10-19-26(23,24)15-7-2-1-3-8-15/h1-8,11,19H,9-10,12H2,(H,20,21). The van der Waals surface area contributed by atoms with Gasteiger partial charge in [-0.15, -0.1) is 0 Å². The van der Waals surface area contributed by atoms with Gasteiger partial charge in [0.25, 0.3) is 5.91 Å². The van der Waals surface area contributed by atoms with Crippen LogP contribution in [0.2, 0.25) is 0 Å². The first-order valence-electron chi connectivity index (χ1n) is 7.62. The van der Waals surface area contributed by atoms with Gasteiger partial charge in [0.2, 0.25) is 10.0 Å². The molecule has 0 unspecified atom stereocenters. The lowest BCUT2D eigenvalue weighted by molar-refractivity contribution is -0.147. The van der Waals surface area contributed by atoms with Gasteiger partial charge >= 0.3 is 5.97 Å². The highest BCUT2D eigenvalue weighted by molar-refractivity contribution is 7.89. The molecule has 2 aromatic carbocycles. The Labute approximate surface area is 150 Å². The Morgan fingerprint density at radius 1 is 1.04 bits per heavy atom. The topological polar surface area (TPSA) is 102 Å². The minimum absolute atomic E-state index is 0.0860. The molecular formula is C17H17FN2O5S. The molecule has 0 fully saturated rings. The van der Waals surface area contributed by atoms with Crippen molar-refractivity contribution in [2.75, 3.05) is 18.5 Å². The summed E-state index contributed by atoms with van der Waals surface area (Å²) in [6.45, 7) is -0.720. The summed E-state index contributed by atoms with van der Waals surface area (Å²) in [6, 6.07) is 13.0. The normalized spacial score (nSPS) is 11.0. The Hall–Kier alpha value is -2.78. The highest BCUT2D eigenvalue weighted by atomic mass is 32.2. The van der Waals surface area contributed by atoms with Gasteiger partial charge in [-0.1, -0.05) is 24.3 Å². The minimum Gasteiger partial charge on any atom is -0.456 e. The van der Waals surface area contributed by atoms with E-state index in [0.717, 1.165) is 6.07 Å². The highest BCUT2D eigenvalue weighted by Gasteiger charge is 2.14. The molecule has 0 radical (unpaired) electrons. The fourth-order valence-corrected chi connectivity index (χ4v) is 3.00.